The van der Waals surface area contributed by atoms with Gasteiger partial charge in [-0.2, -0.15) is 0 Å². The molecule has 0 aliphatic rings. The summed E-state index contributed by atoms with van der Waals surface area (Å²) in [4.78, 5) is 18.0. The molecule has 0 saturated heterocycles. The first-order valence-electron chi connectivity index (χ1n) is 6.82. The maximum Gasteiger partial charge on any atom is 0.223 e. The summed E-state index contributed by atoms with van der Waals surface area (Å²) in [6.07, 6.45) is 0.418. The monoisotopic (exact) mass is 309 g/mol. The van der Waals surface area contributed by atoms with E-state index in [1.54, 1.807) is 26.1 Å². The van der Waals surface area contributed by atoms with Gasteiger partial charge in [0.15, 0.2) is 0 Å². The van der Waals surface area contributed by atoms with E-state index in [-0.39, 0.29) is 11.3 Å². The summed E-state index contributed by atoms with van der Waals surface area (Å²) >= 11 is 6.22. The van der Waals surface area contributed by atoms with Gasteiger partial charge in [-0.15, -0.1) is 11.6 Å². The minimum Gasteiger partial charge on any atom is -0.497 e. The van der Waals surface area contributed by atoms with Crippen LogP contribution in [0.3, 0.4) is 0 Å². The highest BCUT2D eigenvalue weighted by Crippen LogP contribution is 2.27. The number of nitrogens with zero attached hydrogens (tertiary/aromatic N) is 3. The van der Waals surface area contributed by atoms with Gasteiger partial charge in [-0.25, -0.2) is 4.98 Å². The molecule has 0 saturated carbocycles. The summed E-state index contributed by atoms with van der Waals surface area (Å²) in [7, 11) is 5.13. The van der Waals surface area contributed by atoms with Crippen molar-refractivity contribution in [1.82, 2.24) is 14.5 Å². The quantitative estimate of drug-likeness (QED) is 0.798. The fraction of sp³-hybridized carbons (Fsp3) is 0.467. The number of halogens is 1. The molecule has 5 nitrogen and oxygen atoms in total. The number of imidazole rings is 1. The van der Waals surface area contributed by atoms with Crippen molar-refractivity contribution in [2.24, 2.45) is 0 Å². The topological polar surface area (TPSA) is 47.4 Å². The molecule has 1 aromatic carbocycles. The van der Waals surface area contributed by atoms with E-state index in [0.29, 0.717) is 13.0 Å². The molecule has 1 heterocycles. The summed E-state index contributed by atoms with van der Waals surface area (Å²) in [6.45, 7) is 2.44. The Kier molecular flexibility index (Phi) is 4.73. The van der Waals surface area contributed by atoms with Gasteiger partial charge in [0.2, 0.25) is 5.91 Å². The molecule has 1 unspecified atom stereocenters. The van der Waals surface area contributed by atoms with Gasteiger partial charge in [0, 0.05) is 33.1 Å². The van der Waals surface area contributed by atoms with Crippen molar-refractivity contribution < 1.29 is 9.53 Å². The van der Waals surface area contributed by atoms with E-state index in [2.05, 4.69) is 4.98 Å². The van der Waals surface area contributed by atoms with Crippen LogP contribution in [0.25, 0.3) is 11.0 Å². The molecule has 1 aromatic heterocycles. The van der Waals surface area contributed by atoms with Crippen LogP contribution in [-0.4, -0.2) is 41.6 Å². The van der Waals surface area contributed by atoms with Gasteiger partial charge in [0.25, 0.3) is 0 Å². The Morgan fingerprint density at radius 3 is 2.76 bits per heavy atom. The summed E-state index contributed by atoms with van der Waals surface area (Å²) in [6, 6.07) is 5.71. The van der Waals surface area contributed by atoms with Gasteiger partial charge in [-0.05, 0) is 19.1 Å². The number of alkyl halides is 1. The van der Waals surface area contributed by atoms with Crippen LogP contribution in [0.15, 0.2) is 18.2 Å². The van der Waals surface area contributed by atoms with E-state index in [0.717, 1.165) is 22.6 Å². The van der Waals surface area contributed by atoms with Crippen molar-refractivity contribution >= 4 is 28.5 Å². The molecular formula is C15H20ClN3O2. The van der Waals surface area contributed by atoms with E-state index in [1.807, 2.05) is 29.7 Å². The number of rotatable bonds is 5. The molecule has 0 fully saturated rings. The molecule has 21 heavy (non-hydrogen) atoms. The summed E-state index contributed by atoms with van der Waals surface area (Å²) < 4.78 is 7.23. The van der Waals surface area contributed by atoms with Crippen LogP contribution in [0.4, 0.5) is 0 Å². The largest absolute Gasteiger partial charge is 0.497 e. The van der Waals surface area contributed by atoms with Crippen LogP contribution in [0.1, 0.15) is 24.5 Å². The number of carbonyl (C=O) groups is 1. The number of hydrogen-bond acceptors (Lipinski definition) is 3. The lowest BCUT2D eigenvalue weighted by Crippen LogP contribution is -2.23. The third kappa shape index (κ3) is 3.29. The number of ether oxygens (including phenoxy) is 1. The Bertz CT molecular complexity index is 650. The number of aromatic nitrogens is 2. The SMILES string of the molecule is COc1ccc2c(c1)nc(C(C)Cl)n2CCC(=O)N(C)C. The van der Waals surface area contributed by atoms with Gasteiger partial charge in [-0.3, -0.25) is 4.79 Å². The van der Waals surface area contributed by atoms with Crippen molar-refractivity contribution in [3.8, 4) is 5.75 Å². The number of aryl methyl sites for hydroxylation is 1. The first-order chi connectivity index (χ1) is 9.93. The minimum absolute atomic E-state index is 0.0820. The number of hydrogen-bond donors (Lipinski definition) is 0. The molecule has 0 aliphatic heterocycles. The fourth-order valence-corrected chi connectivity index (χ4v) is 2.39. The Morgan fingerprint density at radius 2 is 2.19 bits per heavy atom. The maximum atomic E-state index is 11.8. The molecule has 1 atom stereocenters. The summed E-state index contributed by atoms with van der Waals surface area (Å²) in [5, 5.41) is -0.224. The molecule has 0 bridgehead atoms. The van der Waals surface area contributed by atoms with Gasteiger partial charge in [0.1, 0.15) is 11.6 Å². The van der Waals surface area contributed by atoms with Gasteiger partial charge in [-0.1, -0.05) is 0 Å². The maximum absolute atomic E-state index is 11.8. The van der Waals surface area contributed by atoms with Gasteiger partial charge in [0.05, 0.1) is 23.5 Å². The van der Waals surface area contributed by atoms with E-state index >= 15 is 0 Å². The third-order valence-corrected chi connectivity index (χ3v) is 3.58. The van der Waals surface area contributed by atoms with Crippen LogP contribution in [0, 0.1) is 0 Å². The number of benzene rings is 1. The Morgan fingerprint density at radius 1 is 1.48 bits per heavy atom. The first-order valence-corrected chi connectivity index (χ1v) is 7.26. The number of carbonyl (C=O) groups excluding carboxylic acids is 1. The predicted octanol–water partition coefficient (Wildman–Crippen LogP) is 2.82. The van der Waals surface area contributed by atoms with E-state index in [4.69, 9.17) is 16.3 Å². The Balaban J connectivity index is 2.39. The smallest absolute Gasteiger partial charge is 0.223 e. The van der Waals surface area contributed by atoms with Crippen LogP contribution in [-0.2, 0) is 11.3 Å². The van der Waals surface area contributed by atoms with Crippen molar-refractivity contribution in [1.29, 1.82) is 0 Å². The molecule has 0 N–H and O–H groups in total. The predicted molar refractivity (Wildman–Crippen MR) is 83.9 cm³/mol. The highest BCUT2D eigenvalue weighted by atomic mass is 35.5. The van der Waals surface area contributed by atoms with Crippen LogP contribution < -0.4 is 4.74 Å². The highest BCUT2D eigenvalue weighted by molar-refractivity contribution is 6.20. The molecule has 1 amide bonds. The lowest BCUT2D eigenvalue weighted by Gasteiger charge is -2.13. The van der Waals surface area contributed by atoms with Crippen LogP contribution in [0.2, 0.25) is 0 Å². The molecule has 0 radical (unpaired) electrons. The Labute approximate surface area is 129 Å². The Hall–Kier alpha value is -1.75. The lowest BCUT2D eigenvalue weighted by atomic mass is 10.3. The zero-order valence-electron chi connectivity index (χ0n) is 12.8. The summed E-state index contributed by atoms with van der Waals surface area (Å²) in [5.41, 5.74) is 1.79. The second-order valence-corrected chi connectivity index (χ2v) is 5.79. The average molecular weight is 310 g/mol. The second kappa shape index (κ2) is 6.35. The normalized spacial score (nSPS) is 12.4. The van der Waals surface area contributed by atoms with Crippen LogP contribution in [0.5, 0.6) is 5.75 Å². The van der Waals surface area contributed by atoms with Gasteiger partial charge >= 0.3 is 0 Å². The van der Waals surface area contributed by atoms with Gasteiger partial charge < -0.3 is 14.2 Å². The van der Waals surface area contributed by atoms with Crippen molar-refractivity contribution in [3.63, 3.8) is 0 Å². The number of methoxy groups -OCH3 is 1. The van der Waals surface area contributed by atoms with Crippen LogP contribution >= 0.6 is 11.6 Å². The van der Waals surface area contributed by atoms with Crippen molar-refractivity contribution in [2.75, 3.05) is 21.2 Å². The number of amides is 1. The summed E-state index contributed by atoms with van der Waals surface area (Å²) in [5.74, 6) is 1.61. The fourth-order valence-electron chi connectivity index (χ4n) is 2.22. The molecule has 2 aromatic rings. The van der Waals surface area contributed by atoms with Crippen molar-refractivity contribution in [2.45, 2.75) is 25.3 Å². The third-order valence-electron chi connectivity index (χ3n) is 3.39. The zero-order chi connectivity index (χ0) is 15.6. The molecule has 0 aliphatic carbocycles. The number of fused-ring (bicyclic) bond motifs is 1. The average Bonchev–Trinajstić information content (AvgIpc) is 2.82. The van der Waals surface area contributed by atoms with E-state index < -0.39 is 0 Å². The lowest BCUT2D eigenvalue weighted by molar-refractivity contribution is -0.128. The first kappa shape index (κ1) is 15.6. The second-order valence-electron chi connectivity index (χ2n) is 5.13. The highest BCUT2D eigenvalue weighted by Gasteiger charge is 2.16. The standard InChI is InChI=1S/C15H20ClN3O2/c1-10(16)15-17-12-9-11(21-4)5-6-13(12)19(15)8-7-14(20)18(2)3/h5-6,9-10H,7-8H2,1-4H3. The molecule has 0 spiro atoms. The zero-order valence-corrected chi connectivity index (χ0v) is 13.5. The minimum atomic E-state index is -0.224. The van der Waals surface area contributed by atoms with Crippen molar-refractivity contribution in [3.05, 3.63) is 24.0 Å². The van der Waals surface area contributed by atoms with E-state index in [1.165, 1.54) is 0 Å². The van der Waals surface area contributed by atoms with E-state index in [9.17, 15) is 4.79 Å². The molecular weight excluding hydrogens is 290 g/mol. The molecule has 6 heteroatoms. The molecule has 2 rings (SSSR count). The molecule has 114 valence electrons.